The predicted molar refractivity (Wildman–Crippen MR) is 57.6 cm³/mol. The van der Waals surface area contributed by atoms with Crippen LogP contribution in [0.25, 0.3) is 0 Å². The summed E-state index contributed by atoms with van der Waals surface area (Å²) in [5, 5.41) is 8.84. The zero-order valence-corrected chi connectivity index (χ0v) is 10.00. The summed E-state index contributed by atoms with van der Waals surface area (Å²) in [7, 11) is -3.39. The van der Waals surface area contributed by atoms with Crippen LogP contribution >= 0.6 is 0 Å². The van der Waals surface area contributed by atoms with Gasteiger partial charge in [-0.2, -0.15) is 0 Å². The van der Waals surface area contributed by atoms with E-state index >= 15 is 0 Å². The summed E-state index contributed by atoms with van der Waals surface area (Å²) in [6.07, 6.45) is 1.35. The average Bonchev–Trinajstić information content (AvgIpc) is 2.62. The molecule has 0 spiro atoms. The van der Waals surface area contributed by atoms with Crippen molar-refractivity contribution in [1.29, 1.82) is 0 Å². The van der Waals surface area contributed by atoms with Crippen molar-refractivity contribution in [2.75, 3.05) is 19.0 Å². The Morgan fingerprint density at radius 1 is 1.50 bits per heavy atom. The molecule has 16 heavy (non-hydrogen) atoms. The van der Waals surface area contributed by atoms with E-state index < -0.39 is 28.0 Å². The van der Waals surface area contributed by atoms with Crippen molar-refractivity contribution in [3.05, 3.63) is 0 Å². The van der Waals surface area contributed by atoms with E-state index in [0.29, 0.717) is 6.42 Å². The molecule has 2 atom stereocenters. The number of hydrogen-bond acceptors (Lipinski definition) is 4. The van der Waals surface area contributed by atoms with Crippen LogP contribution in [0.1, 0.15) is 19.8 Å². The van der Waals surface area contributed by atoms with Crippen molar-refractivity contribution in [3.8, 4) is 0 Å². The largest absolute Gasteiger partial charge is 0.481 e. The number of sulfonamides is 1. The van der Waals surface area contributed by atoms with Crippen molar-refractivity contribution in [2.24, 2.45) is 5.92 Å². The van der Waals surface area contributed by atoms with Crippen molar-refractivity contribution in [2.45, 2.75) is 25.8 Å². The number of rotatable bonds is 6. The number of aliphatic carboxylic acids is 1. The zero-order valence-electron chi connectivity index (χ0n) is 9.18. The molecule has 1 rings (SSSR count). The lowest BCUT2D eigenvalue weighted by Gasteiger charge is -2.15. The maximum Gasteiger partial charge on any atom is 0.310 e. The average molecular weight is 251 g/mol. The normalized spacial score (nSPS) is 25.8. The van der Waals surface area contributed by atoms with Crippen molar-refractivity contribution in [1.82, 2.24) is 4.72 Å². The fraction of sp³-hybridized carbons (Fsp3) is 0.889. The van der Waals surface area contributed by atoms with Crippen LogP contribution in [-0.2, 0) is 19.6 Å². The molecule has 0 amide bonds. The first-order chi connectivity index (χ1) is 7.46. The Bertz CT molecular complexity index is 340. The van der Waals surface area contributed by atoms with Gasteiger partial charge in [0.25, 0.3) is 0 Å². The second kappa shape index (κ2) is 5.60. The number of carboxylic acid groups (broad SMARTS) is 1. The first-order valence-corrected chi connectivity index (χ1v) is 6.92. The van der Waals surface area contributed by atoms with Gasteiger partial charge < -0.3 is 9.84 Å². The van der Waals surface area contributed by atoms with E-state index in [-0.39, 0.29) is 19.0 Å². The van der Waals surface area contributed by atoms with Gasteiger partial charge in [0.1, 0.15) is 0 Å². The van der Waals surface area contributed by atoms with Gasteiger partial charge in [0.2, 0.25) is 10.0 Å². The van der Waals surface area contributed by atoms with Gasteiger partial charge in [0, 0.05) is 0 Å². The molecule has 2 unspecified atom stereocenters. The van der Waals surface area contributed by atoms with Gasteiger partial charge in [0.15, 0.2) is 0 Å². The van der Waals surface area contributed by atoms with Crippen LogP contribution in [0, 0.1) is 5.92 Å². The molecule has 0 aromatic heterocycles. The molecule has 1 aliphatic heterocycles. The van der Waals surface area contributed by atoms with Gasteiger partial charge in [-0.15, -0.1) is 0 Å². The summed E-state index contributed by atoms with van der Waals surface area (Å²) in [5.41, 5.74) is 0. The fourth-order valence-electron chi connectivity index (χ4n) is 1.54. The molecule has 0 bridgehead atoms. The third-order valence-corrected chi connectivity index (χ3v) is 3.98. The van der Waals surface area contributed by atoms with Crippen LogP contribution in [0.15, 0.2) is 0 Å². The highest BCUT2D eigenvalue weighted by molar-refractivity contribution is 7.89. The molecule has 7 heteroatoms. The smallest absolute Gasteiger partial charge is 0.310 e. The molecule has 94 valence electrons. The maximum atomic E-state index is 11.6. The molecular weight excluding hydrogens is 234 g/mol. The van der Waals surface area contributed by atoms with Crippen LogP contribution in [0.3, 0.4) is 0 Å². The molecular formula is C9H17NO5S. The molecule has 0 radical (unpaired) electrons. The van der Waals surface area contributed by atoms with Gasteiger partial charge in [-0.25, -0.2) is 13.1 Å². The summed E-state index contributed by atoms with van der Waals surface area (Å²) in [6, 6.07) is -0.639. The number of nitrogens with one attached hydrogen (secondary N) is 1. The van der Waals surface area contributed by atoms with E-state index in [4.69, 9.17) is 9.84 Å². The topological polar surface area (TPSA) is 92.7 Å². The highest BCUT2D eigenvalue weighted by Crippen LogP contribution is 2.15. The fourth-order valence-corrected chi connectivity index (χ4v) is 3.02. The first-order valence-electron chi connectivity index (χ1n) is 5.27. The monoisotopic (exact) mass is 251 g/mol. The summed E-state index contributed by atoms with van der Waals surface area (Å²) < 4.78 is 30.5. The number of hydrogen-bond donors (Lipinski definition) is 2. The molecule has 1 fully saturated rings. The van der Waals surface area contributed by atoms with E-state index in [0.717, 1.165) is 6.42 Å². The second-order valence-electron chi connectivity index (χ2n) is 3.88. The number of unbranched alkanes of at least 4 members (excludes halogenated alkanes) is 1. The lowest BCUT2D eigenvalue weighted by atomic mass is 10.1. The summed E-state index contributed by atoms with van der Waals surface area (Å²) in [4.78, 5) is 10.8. The second-order valence-corrected chi connectivity index (χ2v) is 5.75. The molecule has 0 aromatic rings. The van der Waals surface area contributed by atoms with Gasteiger partial charge >= 0.3 is 5.97 Å². The molecule has 1 aliphatic rings. The number of ether oxygens (including phenoxy) is 1. The summed E-state index contributed by atoms with van der Waals surface area (Å²) >= 11 is 0. The van der Waals surface area contributed by atoms with Crippen LogP contribution < -0.4 is 4.72 Å². The Morgan fingerprint density at radius 3 is 2.75 bits per heavy atom. The third-order valence-electron chi connectivity index (χ3n) is 2.50. The van der Waals surface area contributed by atoms with Crippen LogP contribution in [0.2, 0.25) is 0 Å². The van der Waals surface area contributed by atoms with E-state index in [9.17, 15) is 13.2 Å². The Morgan fingerprint density at radius 2 is 2.19 bits per heavy atom. The predicted octanol–water partition coefficient (Wildman–Crippen LogP) is -0.194. The van der Waals surface area contributed by atoms with Gasteiger partial charge in [-0.05, 0) is 6.42 Å². The van der Waals surface area contributed by atoms with E-state index in [1.165, 1.54) is 0 Å². The highest BCUT2D eigenvalue weighted by atomic mass is 32.2. The van der Waals surface area contributed by atoms with Crippen molar-refractivity contribution < 1.29 is 23.1 Å². The molecule has 1 saturated heterocycles. The van der Waals surface area contributed by atoms with Gasteiger partial charge in [-0.3, -0.25) is 4.79 Å². The number of carbonyl (C=O) groups is 1. The van der Waals surface area contributed by atoms with Crippen LogP contribution in [-0.4, -0.2) is 44.5 Å². The minimum Gasteiger partial charge on any atom is -0.481 e. The SMILES string of the molecule is CCCCS(=O)(=O)NC1COCC1C(=O)O. The quantitative estimate of drug-likeness (QED) is 0.682. The molecule has 2 N–H and O–H groups in total. The Labute approximate surface area is 95.0 Å². The first kappa shape index (κ1) is 13.4. The summed E-state index contributed by atoms with van der Waals surface area (Å²) in [5.74, 6) is -1.77. The molecule has 1 heterocycles. The number of carboxylic acids is 1. The lowest BCUT2D eigenvalue weighted by molar-refractivity contribution is -0.142. The Hall–Kier alpha value is -0.660. The van der Waals surface area contributed by atoms with Crippen LogP contribution in [0.5, 0.6) is 0 Å². The minimum atomic E-state index is -3.39. The Balaban J connectivity index is 2.56. The standard InChI is InChI=1S/C9H17NO5S/c1-2-3-4-16(13,14)10-8-6-15-5-7(8)9(11)12/h7-8,10H,2-6H2,1H3,(H,11,12). The third kappa shape index (κ3) is 3.73. The Kier molecular flexibility index (Phi) is 4.69. The summed E-state index contributed by atoms with van der Waals surface area (Å²) in [6.45, 7) is 2.09. The van der Waals surface area contributed by atoms with E-state index in [2.05, 4.69) is 4.72 Å². The van der Waals surface area contributed by atoms with Crippen molar-refractivity contribution in [3.63, 3.8) is 0 Å². The maximum absolute atomic E-state index is 11.6. The van der Waals surface area contributed by atoms with Crippen LogP contribution in [0.4, 0.5) is 0 Å². The molecule has 0 aliphatic carbocycles. The van der Waals surface area contributed by atoms with Crippen molar-refractivity contribution >= 4 is 16.0 Å². The molecule has 0 aromatic carbocycles. The zero-order chi connectivity index (χ0) is 12.2. The van der Waals surface area contributed by atoms with E-state index in [1.807, 2.05) is 6.92 Å². The minimum absolute atomic E-state index is 0.0341. The molecule has 0 saturated carbocycles. The van der Waals surface area contributed by atoms with Gasteiger partial charge in [-0.1, -0.05) is 13.3 Å². The molecule has 6 nitrogen and oxygen atoms in total. The van der Waals surface area contributed by atoms with Gasteiger partial charge in [0.05, 0.1) is 30.9 Å². The lowest BCUT2D eigenvalue weighted by Crippen LogP contribution is -2.43. The highest BCUT2D eigenvalue weighted by Gasteiger charge is 2.36. The van der Waals surface area contributed by atoms with E-state index in [1.54, 1.807) is 0 Å².